The van der Waals surface area contributed by atoms with Crippen LogP contribution in [0.4, 0.5) is 17.6 Å². The lowest BCUT2D eigenvalue weighted by molar-refractivity contribution is -0.137. The van der Waals surface area contributed by atoms with Crippen molar-refractivity contribution in [3.8, 4) is 11.1 Å². The molecule has 3 aromatic rings. The molecule has 0 bridgehead atoms. The minimum Gasteiger partial charge on any atom is -0.369 e. The van der Waals surface area contributed by atoms with Crippen LogP contribution in [0, 0.1) is 5.82 Å². The summed E-state index contributed by atoms with van der Waals surface area (Å²) in [6.07, 6.45) is -3.90. The van der Waals surface area contributed by atoms with Crippen molar-refractivity contribution >= 4 is 11.9 Å². The van der Waals surface area contributed by atoms with Crippen molar-refractivity contribution in [2.24, 2.45) is 10.7 Å². The molecular formula is C22H16F4N4O. The molecule has 158 valence electrons. The van der Waals surface area contributed by atoms with Gasteiger partial charge in [-0.3, -0.25) is 14.7 Å². The van der Waals surface area contributed by atoms with Gasteiger partial charge in [-0.25, -0.2) is 9.38 Å². The highest BCUT2D eigenvalue weighted by molar-refractivity contribution is 6.08. The number of halogens is 4. The lowest BCUT2D eigenvalue weighted by Gasteiger charge is -2.25. The van der Waals surface area contributed by atoms with Gasteiger partial charge in [-0.15, -0.1) is 0 Å². The van der Waals surface area contributed by atoms with Crippen LogP contribution < -0.4 is 5.73 Å². The van der Waals surface area contributed by atoms with Gasteiger partial charge < -0.3 is 5.73 Å². The number of likely N-dealkylation sites (N-methyl/N-ethyl adjacent to an activating group) is 1. The van der Waals surface area contributed by atoms with Crippen LogP contribution in [0.2, 0.25) is 0 Å². The SMILES string of the molecule is CN1C(=O)C(c2cccc(-c3ccc(F)cc3)c2)(c2ccc(C(F)(F)F)cn2)N=C1N. The second kappa shape index (κ2) is 7.19. The van der Waals surface area contributed by atoms with Gasteiger partial charge in [-0.05, 0) is 47.0 Å². The second-order valence-electron chi connectivity index (χ2n) is 7.06. The van der Waals surface area contributed by atoms with Crippen molar-refractivity contribution in [1.29, 1.82) is 0 Å². The van der Waals surface area contributed by atoms with E-state index in [1.165, 1.54) is 19.2 Å². The van der Waals surface area contributed by atoms with Gasteiger partial charge in [0, 0.05) is 13.2 Å². The highest BCUT2D eigenvalue weighted by atomic mass is 19.4. The summed E-state index contributed by atoms with van der Waals surface area (Å²) in [6.45, 7) is 0. The van der Waals surface area contributed by atoms with E-state index in [-0.39, 0.29) is 11.7 Å². The van der Waals surface area contributed by atoms with E-state index in [0.717, 1.165) is 17.0 Å². The lowest BCUT2D eigenvalue weighted by Crippen LogP contribution is -2.41. The molecule has 2 N–H and O–H groups in total. The van der Waals surface area contributed by atoms with Crippen molar-refractivity contribution in [2.75, 3.05) is 7.05 Å². The quantitative estimate of drug-likeness (QED) is 0.643. The maximum atomic E-state index is 13.3. The molecule has 0 spiro atoms. The first kappa shape index (κ1) is 20.5. The number of benzene rings is 2. The van der Waals surface area contributed by atoms with Gasteiger partial charge in [0.2, 0.25) is 5.54 Å². The molecule has 0 aliphatic carbocycles. The zero-order valence-corrected chi connectivity index (χ0v) is 16.2. The standard InChI is InChI=1S/C22H16F4N4O/c1-30-19(31)21(29-20(30)27,18-10-7-16(12-28-18)22(24,25)26)15-4-2-3-14(11-15)13-5-8-17(23)9-6-13/h2-12H,1H3,(H2,27,29). The highest BCUT2D eigenvalue weighted by Crippen LogP contribution is 2.40. The summed E-state index contributed by atoms with van der Waals surface area (Å²) in [5.74, 6) is -1.03. The van der Waals surface area contributed by atoms with Gasteiger partial charge >= 0.3 is 6.18 Å². The smallest absolute Gasteiger partial charge is 0.369 e. The topological polar surface area (TPSA) is 71.6 Å². The summed E-state index contributed by atoms with van der Waals surface area (Å²) in [7, 11) is 1.43. The van der Waals surface area contributed by atoms with Gasteiger partial charge in [0.15, 0.2) is 5.96 Å². The number of aliphatic imine (C=N–C) groups is 1. The molecule has 1 atom stereocenters. The average Bonchev–Trinajstić information content (AvgIpc) is 2.99. The summed E-state index contributed by atoms with van der Waals surface area (Å²) in [5.41, 5.74) is 4.95. The van der Waals surface area contributed by atoms with Gasteiger partial charge in [0.1, 0.15) is 5.82 Å². The van der Waals surface area contributed by atoms with Crippen molar-refractivity contribution < 1.29 is 22.4 Å². The number of carbonyl (C=O) groups excluding carboxylic acids is 1. The summed E-state index contributed by atoms with van der Waals surface area (Å²) < 4.78 is 52.3. The normalized spacial score (nSPS) is 18.9. The highest BCUT2D eigenvalue weighted by Gasteiger charge is 2.51. The van der Waals surface area contributed by atoms with E-state index >= 15 is 0 Å². The van der Waals surface area contributed by atoms with E-state index in [1.807, 2.05) is 0 Å². The molecule has 5 nitrogen and oxygen atoms in total. The first-order valence-corrected chi connectivity index (χ1v) is 9.16. The Morgan fingerprint density at radius 1 is 1.00 bits per heavy atom. The van der Waals surface area contributed by atoms with Crippen LogP contribution in [-0.2, 0) is 16.5 Å². The van der Waals surface area contributed by atoms with E-state index in [0.29, 0.717) is 22.9 Å². The zero-order valence-electron chi connectivity index (χ0n) is 16.2. The monoisotopic (exact) mass is 428 g/mol. The van der Waals surface area contributed by atoms with Crippen LogP contribution in [0.5, 0.6) is 0 Å². The fourth-order valence-corrected chi connectivity index (χ4v) is 3.49. The van der Waals surface area contributed by atoms with Crippen LogP contribution >= 0.6 is 0 Å². The number of nitrogens with zero attached hydrogens (tertiary/aromatic N) is 3. The molecule has 1 aromatic heterocycles. The summed E-state index contributed by atoms with van der Waals surface area (Å²) in [6, 6.07) is 14.5. The predicted octanol–water partition coefficient (Wildman–Crippen LogP) is 3.94. The molecule has 4 rings (SSSR count). The van der Waals surface area contributed by atoms with Crippen LogP contribution in [-0.4, -0.2) is 28.8 Å². The molecule has 0 radical (unpaired) electrons. The third-order valence-electron chi connectivity index (χ3n) is 5.16. The average molecular weight is 428 g/mol. The van der Waals surface area contributed by atoms with Gasteiger partial charge in [-0.1, -0.05) is 30.3 Å². The number of amides is 1. The Bertz CT molecular complexity index is 1170. The van der Waals surface area contributed by atoms with E-state index in [9.17, 15) is 22.4 Å². The number of hydrogen-bond donors (Lipinski definition) is 1. The molecule has 1 aliphatic heterocycles. The maximum absolute atomic E-state index is 13.3. The number of alkyl halides is 3. The third-order valence-corrected chi connectivity index (χ3v) is 5.16. The van der Waals surface area contributed by atoms with Crippen molar-refractivity contribution in [1.82, 2.24) is 9.88 Å². The summed E-state index contributed by atoms with van der Waals surface area (Å²) in [5, 5.41) is 0. The Labute approximate surface area is 174 Å². The zero-order chi connectivity index (χ0) is 22.4. The number of rotatable bonds is 3. The Morgan fingerprint density at radius 3 is 2.26 bits per heavy atom. The van der Waals surface area contributed by atoms with Crippen molar-refractivity contribution in [3.63, 3.8) is 0 Å². The number of carbonyl (C=O) groups is 1. The van der Waals surface area contributed by atoms with Crippen LogP contribution in [0.15, 0.2) is 71.9 Å². The minimum atomic E-state index is -4.57. The summed E-state index contributed by atoms with van der Waals surface area (Å²) >= 11 is 0. The Hall–Kier alpha value is -3.75. The van der Waals surface area contributed by atoms with E-state index in [1.54, 1.807) is 36.4 Å². The molecular weight excluding hydrogens is 412 g/mol. The molecule has 0 saturated carbocycles. The van der Waals surface area contributed by atoms with E-state index in [2.05, 4.69) is 9.98 Å². The summed E-state index contributed by atoms with van der Waals surface area (Å²) in [4.78, 5) is 22.6. The molecule has 31 heavy (non-hydrogen) atoms. The number of hydrogen-bond acceptors (Lipinski definition) is 4. The van der Waals surface area contributed by atoms with Crippen LogP contribution in [0.1, 0.15) is 16.8 Å². The molecule has 1 amide bonds. The number of guanidine groups is 1. The van der Waals surface area contributed by atoms with Crippen molar-refractivity contribution in [2.45, 2.75) is 11.7 Å². The molecule has 0 saturated heterocycles. The molecule has 1 aliphatic rings. The van der Waals surface area contributed by atoms with E-state index in [4.69, 9.17) is 5.73 Å². The Kier molecular flexibility index (Phi) is 4.76. The first-order valence-electron chi connectivity index (χ1n) is 9.16. The van der Waals surface area contributed by atoms with Gasteiger partial charge in [0.05, 0.1) is 11.3 Å². The lowest BCUT2D eigenvalue weighted by atomic mass is 9.84. The molecule has 2 aromatic carbocycles. The number of pyridine rings is 1. The molecule has 1 unspecified atom stereocenters. The molecule has 0 fully saturated rings. The minimum absolute atomic E-state index is 0.00839. The largest absolute Gasteiger partial charge is 0.417 e. The number of aromatic nitrogens is 1. The third kappa shape index (κ3) is 3.41. The van der Waals surface area contributed by atoms with E-state index < -0.39 is 29.0 Å². The van der Waals surface area contributed by atoms with Crippen LogP contribution in [0.25, 0.3) is 11.1 Å². The molecule has 2 heterocycles. The predicted molar refractivity (Wildman–Crippen MR) is 106 cm³/mol. The van der Waals surface area contributed by atoms with Crippen molar-refractivity contribution in [3.05, 3.63) is 89.5 Å². The number of nitrogens with two attached hydrogens (primary N) is 1. The maximum Gasteiger partial charge on any atom is 0.417 e. The fraction of sp³-hybridized carbons (Fsp3) is 0.136. The molecule has 9 heteroatoms. The Balaban J connectivity index is 1.89. The van der Waals surface area contributed by atoms with Gasteiger partial charge in [-0.2, -0.15) is 13.2 Å². The van der Waals surface area contributed by atoms with Crippen LogP contribution in [0.3, 0.4) is 0 Å². The Morgan fingerprint density at radius 2 is 1.71 bits per heavy atom. The fourth-order valence-electron chi connectivity index (χ4n) is 3.49. The van der Waals surface area contributed by atoms with Gasteiger partial charge in [0.25, 0.3) is 5.91 Å². The second-order valence-corrected chi connectivity index (χ2v) is 7.06. The first-order chi connectivity index (χ1) is 14.6.